The van der Waals surface area contributed by atoms with Crippen molar-refractivity contribution in [3.05, 3.63) is 18.2 Å². The van der Waals surface area contributed by atoms with Gasteiger partial charge in [-0.25, -0.2) is 17.7 Å². The van der Waals surface area contributed by atoms with Crippen LogP contribution in [0.5, 0.6) is 0 Å². The fourth-order valence-electron chi connectivity index (χ4n) is 3.67. The van der Waals surface area contributed by atoms with Crippen LogP contribution in [0.3, 0.4) is 0 Å². The third-order valence-corrected chi connectivity index (χ3v) is 6.97. The maximum atomic E-state index is 12.5. The largest absolute Gasteiger partial charge is 0.348 e. The van der Waals surface area contributed by atoms with Crippen molar-refractivity contribution in [1.29, 1.82) is 0 Å². The van der Waals surface area contributed by atoms with E-state index in [0.717, 1.165) is 31.5 Å². The molecule has 0 bridgehead atoms. The first-order valence-corrected chi connectivity index (χ1v) is 9.73. The Balaban J connectivity index is 1.55. The number of nitrogens with zero attached hydrogens (tertiary/aromatic N) is 2. The van der Waals surface area contributed by atoms with Gasteiger partial charge in [0.1, 0.15) is 5.82 Å². The molecule has 2 heterocycles. The standard InChI is InChI=1S/C15H25N3O2S/c19-21(20,12-13-4-2-1-3-5-13)18-10-6-14(7-11-18)15-16-8-9-17-15/h8-9,13-14H,1-7,10-12H2,(H,16,17). The van der Waals surface area contributed by atoms with Crippen molar-refractivity contribution >= 4 is 10.0 Å². The third-order valence-electron chi connectivity index (χ3n) is 4.92. The van der Waals surface area contributed by atoms with E-state index < -0.39 is 10.0 Å². The molecule has 5 nitrogen and oxygen atoms in total. The molecule has 0 radical (unpaired) electrons. The van der Waals surface area contributed by atoms with Crippen molar-refractivity contribution in [2.24, 2.45) is 5.92 Å². The summed E-state index contributed by atoms with van der Waals surface area (Å²) in [7, 11) is -3.07. The number of rotatable bonds is 4. The van der Waals surface area contributed by atoms with Crippen LogP contribution in [0.4, 0.5) is 0 Å². The molecule has 3 rings (SSSR count). The molecule has 0 atom stereocenters. The molecule has 1 aromatic rings. The summed E-state index contributed by atoms with van der Waals surface area (Å²) < 4.78 is 26.8. The maximum Gasteiger partial charge on any atom is 0.214 e. The second-order valence-corrected chi connectivity index (χ2v) is 8.44. The van der Waals surface area contributed by atoms with E-state index in [0.29, 0.717) is 30.7 Å². The van der Waals surface area contributed by atoms with Crippen LogP contribution in [-0.2, 0) is 10.0 Å². The van der Waals surface area contributed by atoms with Gasteiger partial charge in [-0.2, -0.15) is 0 Å². The summed E-state index contributed by atoms with van der Waals surface area (Å²) in [5, 5.41) is 0. The highest BCUT2D eigenvalue weighted by molar-refractivity contribution is 7.89. The number of imidazole rings is 1. The quantitative estimate of drug-likeness (QED) is 0.929. The number of piperidine rings is 1. The van der Waals surface area contributed by atoms with Gasteiger partial charge in [-0.15, -0.1) is 0 Å². The molecule has 2 fully saturated rings. The monoisotopic (exact) mass is 311 g/mol. The Bertz CT molecular complexity index is 527. The fourth-order valence-corrected chi connectivity index (χ4v) is 5.57. The minimum atomic E-state index is -3.07. The van der Waals surface area contributed by atoms with Crippen LogP contribution >= 0.6 is 0 Å². The smallest absolute Gasteiger partial charge is 0.214 e. The number of hydrogen-bond acceptors (Lipinski definition) is 3. The summed E-state index contributed by atoms with van der Waals surface area (Å²) in [6, 6.07) is 0. The zero-order valence-electron chi connectivity index (χ0n) is 12.5. The van der Waals surface area contributed by atoms with Gasteiger partial charge in [0.15, 0.2) is 0 Å². The Morgan fingerprint density at radius 2 is 1.86 bits per heavy atom. The van der Waals surface area contributed by atoms with E-state index in [1.807, 2.05) is 6.20 Å². The summed E-state index contributed by atoms with van der Waals surface area (Å²) in [6.45, 7) is 1.28. The summed E-state index contributed by atoms with van der Waals surface area (Å²) in [4.78, 5) is 7.44. The second kappa shape index (κ2) is 6.48. The molecule has 1 aromatic heterocycles. The highest BCUT2D eigenvalue weighted by Gasteiger charge is 2.31. The predicted octanol–water partition coefficient (Wildman–Crippen LogP) is 2.50. The van der Waals surface area contributed by atoms with Gasteiger partial charge in [0.25, 0.3) is 0 Å². The Morgan fingerprint density at radius 3 is 2.48 bits per heavy atom. The number of aromatic amines is 1. The molecular formula is C15H25N3O2S. The topological polar surface area (TPSA) is 66.1 Å². The number of aromatic nitrogens is 2. The van der Waals surface area contributed by atoms with E-state index in [-0.39, 0.29) is 0 Å². The van der Waals surface area contributed by atoms with Crippen molar-refractivity contribution < 1.29 is 8.42 Å². The molecule has 21 heavy (non-hydrogen) atoms. The first kappa shape index (κ1) is 15.0. The van der Waals surface area contributed by atoms with Gasteiger partial charge in [0, 0.05) is 31.4 Å². The van der Waals surface area contributed by atoms with Crippen LogP contribution in [0, 0.1) is 5.92 Å². The lowest BCUT2D eigenvalue weighted by Crippen LogP contribution is -2.40. The number of sulfonamides is 1. The van der Waals surface area contributed by atoms with Crippen molar-refractivity contribution in [3.63, 3.8) is 0 Å². The second-order valence-electron chi connectivity index (χ2n) is 6.43. The molecule has 6 heteroatoms. The van der Waals surface area contributed by atoms with Gasteiger partial charge in [0.05, 0.1) is 5.75 Å². The van der Waals surface area contributed by atoms with E-state index in [1.54, 1.807) is 10.5 Å². The maximum absolute atomic E-state index is 12.5. The molecular weight excluding hydrogens is 286 g/mol. The van der Waals surface area contributed by atoms with Gasteiger partial charge in [-0.05, 0) is 31.6 Å². The summed E-state index contributed by atoms with van der Waals surface area (Å²) in [5.74, 6) is 2.12. The summed E-state index contributed by atoms with van der Waals surface area (Å²) in [6.07, 6.45) is 11.2. The third kappa shape index (κ3) is 3.66. The van der Waals surface area contributed by atoms with Crippen molar-refractivity contribution in [2.75, 3.05) is 18.8 Å². The van der Waals surface area contributed by atoms with Crippen molar-refractivity contribution in [1.82, 2.24) is 14.3 Å². The minimum absolute atomic E-state index is 0.360. The molecule has 0 spiro atoms. The van der Waals surface area contributed by atoms with Crippen LogP contribution in [0.2, 0.25) is 0 Å². The van der Waals surface area contributed by atoms with E-state index >= 15 is 0 Å². The zero-order chi connectivity index (χ0) is 14.7. The van der Waals surface area contributed by atoms with E-state index in [1.165, 1.54) is 19.3 Å². The van der Waals surface area contributed by atoms with Gasteiger partial charge in [-0.1, -0.05) is 19.3 Å². The van der Waals surface area contributed by atoms with Crippen LogP contribution in [0.15, 0.2) is 12.4 Å². The van der Waals surface area contributed by atoms with E-state index in [2.05, 4.69) is 9.97 Å². The summed E-state index contributed by atoms with van der Waals surface area (Å²) >= 11 is 0. The van der Waals surface area contributed by atoms with Crippen LogP contribution in [0.25, 0.3) is 0 Å². The Labute approximate surface area is 127 Å². The van der Waals surface area contributed by atoms with E-state index in [9.17, 15) is 8.42 Å². The first-order valence-electron chi connectivity index (χ1n) is 8.12. The fraction of sp³-hybridized carbons (Fsp3) is 0.800. The zero-order valence-corrected chi connectivity index (χ0v) is 13.3. The van der Waals surface area contributed by atoms with Crippen LogP contribution in [-0.4, -0.2) is 41.5 Å². The minimum Gasteiger partial charge on any atom is -0.348 e. The van der Waals surface area contributed by atoms with Gasteiger partial charge in [0.2, 0.25) is 10.0 Å². The number of nitrogens with one attached hydrogen (secondary N) is 1. The Kier molecular flexibility index (Phi) is 4.64. The highest BCUT2D eigenvalue weighted by atomic mass is 32.2. The molecule has 0 aromatic carbocycles. The van der Waals surface area contributed by atoms with Gasteiger partial charge in [-0.3, -0.25) is 0 Å². The first-order chi connectivity index (χ1) is 10.1. The predicted molar refractivity (Wildman–Crippen MR) is 82.5 cm³/mol. The molecule has 2 aliphatic rings. The molecule has 1 saturated carbocycles. The average molecular weight is 311 g/mol. The normalized spacial score (nSPS) is 23.4. The summed E-state index contributed by atoms with van der Waals surface area (Å²) in [5.41, 5.74) is 0. The molecule has 1 N–H and O–H groups in total. The molecule has 0 amide bonds. The van der Waals surface area contributed by atoms with Gasteiger partial charge < -0.3 is 4.98 Å². The average Bonchev–Trinajstić information content (AvgIpc) is 3.02. The SMILES string of the molecule is O=S(=O)(CC1CCCCC1)N1CCC(c2ncc[nH]2)CC1. The van der Waals surface area contributed by atoms with Crippen LogP contribution in [0.1, 0.15) is 56.7 Å². The highest BCUT2D eigenvalue weighted by Crippen LogP contribution is 2.29. The van der Waals surface area contributed by atoms with Crippen LogP contribution < -0.4 is 0 Å². The lowest BCUT2D eigenvalue weighted by molar-refractivity contribution is 0.307. The number of H-pyrrole nitrogens is 1. The Morgan fingerprint density at radius 1 is 1.14 bits per heavy atom. The van der Waals surface area contributed by atoms with Crippen molar-refractivity contribution in [3.8, 4) is 0 Å². The molecule has 118 valence electrons. The van der Waals surface area contributed by atoms with E-state index in [4.69, 9.17) is 0 Å². The lowest BCUT2D eigenvalue weighted by atomic mass is 9.91. The molecule has 1 aliphatic heterocycles. The molecule has 0 unspecified atom stereocenters. The van der Waals surface area contributed by atoms with Gasteiger partial charge >= 0.3 is 0 Å². The number of hydrogen-bond donors (Lipinski definition) is 1. The van der Waals surface area contributed by atoms with Crippen molar-refractivity contribution in [2.45, 2.75) is 50.9 Å². The Hall–Kier alpha value is -0.880. The molecule has 1 aliphatic carbocycles. The molecule has 1 saturated heterocycles. The lowest BCUT2D eigenvalue weighted by Gasteiger charge is -2.32.